The van der Waals surface area contributed by atoms with E-state index >= 15 is 0 Å². The van der Waals surface area contributed by atoms with Gasteiger partial charge in [-0.15, -0.1) is 0 Å². The highest BCUT2D eigenvalue weighted by Gasteiger charge is 2.23. The molecule has 0 spiro atoms. The number of fused-ring (bicyclic) bond motifs is 1. The van der Waals surface area contributed by atoms with Crippen molar-refractivity contribution in [2.24, 2.45) is 0 Å². The van der Waals surface area contributed by atoms with Gasteiger partial charge in [0.2, 0.25) is 5.76 Å². The number of carboxylic acid groups (broad SMARTS) is 1. The molecule has 0 radical (unpaired) electrons. The molecule has 3 aromatic rings. The van der Waals surface area contributed by atoms with Gasteiger partial charge in [0.25, 0.3) is 0 Å². The molecule has 0 aliphatic carbocycles. The minimum absolute atomic E-state index is 0.0879. The zero-order valence-corrected chi connectivity index (χ0v) is 13.6. The molecule has 1 heterocycles. The summed E-state index contributed by atoms with van der Waals surface area (Å²) in [4.78, 5) is 13.6. The van der Waals surface area contributed by atoms with Gasteiger partial charge in [-0.1, -0.05) is 35.9 Å². The third-order valence-electron chi connectivity index (χ3n) is 3.59. The van der Waals surface area contributed by atoms with Crippen molar-refractivity contribution in [2.75, 3.05) is 14.1 Å². The van der Waals surface area contributed by atoms with Crippen LogP contribution >= 0.6 is 11.6 Å². The predicted molar refractivity (Wildman–Crippen MR) is 91.0 cm³/mol. The van der Waals surface area contributed by atoms with Crippen LogP contribution in [-0.2, 0) is 6.54 Å². The molecule has 23 heavy (non-hydrogen) atoms. The van der Waals surface area contributed by atoms with Crippen LogP contribution in [0.1, 0.15) is 16.1 Å². The van der Waals surface area contributed by atoms with Crippen molar-refractivity contribution >= 4 is 28.5 Å². The second-order valence-corrected chi connectivity index (χ2v) is 6.07. The Morgan fingerprint density at radius 3 is 2.61 bits per heavy atom. The van der Waals surface area contributed by atoms with E-state index in [4.69, 9.17) is 16.0 Å². The Bertz CT molecular complexity index is 883. The van der Waals surface area contributed by atoms with E-state index in [0.29, 0.717) is 21.7 Å². The first-order chi connectivity index (χ1) is 11.0. The Kier molecular flexibility index (Phi) is 4.11. The first-order valence-electron chi connectivity index (χ1n) is 7.15. The van der Waals surface area contributed by atoms with E-state index in [2.05, 4.69) is 4.90 Å². The van der Waals surface area contributed by atoms with Crippen molar-refractivity contribution in [3.05, 3.63) is 58.8 Å². The summed E-state index contributed by atoms with van der Waals surface area (Å²) < 4.78 is 5.56. The molecule has 1 aromatic heterocycles. The molecular weight excluding hydrogens is 314 g/mol. The van der Waals surface area contributed by atoms with Crippen LogP contribution in [0.25, 0.3) is 22.1 Å². The third-order valence-corrected chi connectivity index (χ3v) is 3.92. The fourth-order valence-electron chi connectivity index (χ4n) is 2.69. The molecule has 0 saturated heterocycles. The van der Waals surface area contributed by atoms with Gasteiger partial charge in [-0.05, 0) is 37.9 Å². The number of halogens is 1. The maximum absolute atomic E-state index is 11.6. The van der Waals surface area contributed by atoms with Gasteiger partial charge in [0.05, 0.1) is 0 Å². The fourth-order valence-corrected chi connectivity index (χ4v) is 2.92. The van der Waals surface area contributed by atoms with Crippen LogP contribution < -0.4 is 0 Å². The molecule has 5 heteroatoms. The summed E-state index contributed by atoms with van der Waals surface area (Å²) in [5.41, 5.74) is 2.80. The lowest BCUT2D eigenvalue weighted by Gasteiger charge is -2.09. The Morgan fingerprint density at radius 2 is 1.96 bits per heavy atom. The molecule has 0 atom stereocenters. The summed E-state index contributed by atoms with van der Waals surface area (Å²) in [6.45, 7) is 0.755. The molecule has 0 aliphatic heterocycles. The van der Waals surface area contributed by atoms with E-state index in [1.165, 1.54) is 0 Å². The lowest BCUT2D eigenvalue weighted by Crippen LogP contribution is -2.10. The van der Waals surface area contributed by atoms with Gasteiger partial charge in [-0.2, -0.15) is 0 Å². The normalized spacial score (nSPS) is 11.3. The molecular formula is C18H16ClNO3. The van der Waals surface area contributed by atoms with E-state index in [0.717, 1.165) is 17.5 Å². The van der Waals surface area contributed by atoms with Gasteiger partial charge >= 0.3 is 5.97 Å². The Morgan fingerprint density at radius 1 is 1.22 bits per heavy atom. The molecule has 3 rings (SSSR count). The Labute approximate surface area is 138 Å². The topological polar surface area (TPSA) is 53.7 Å². The van der Waals surface area contributed by atoms with Crippen molar-refractivity contribution in [3.63, 3.8) is 0 Å². The SMILES string of the molecule is CN(C)Cc1ccc2oc(C(=O)O)c(-c3ccccc3Cl)c2c1. The molecule has 118 valence electrons. The van der Waals surface area contributed by atoms with Crippen LogP contribution in [0, 0.1) is 0 Å². The maximum Gasteiger partial charge on any atom is 0.372 e. The monoisotopic (exact) mass is 329 g/mol. The van der Waals surface area contributed by atoms with Crippen molar-refractivity contribution in [2.45, 2.75) is 6.54 Å². The molecule has 0 fully saturated rings. The van der Waals surface area contributed by atoms with Crippen molar-refractivity contribution in [1.82, 2.24) is 4.90 Å². The standard InChI is InChI=1S/C18H16ClNO3/c1-20(2)10-11-7-8-15-13(9-11)16(17(23-15)18(21)22)12-5-3-4-6-14(12)19/h3-9H,10H2,1-2H3,(H,21,22). The fraction of sp³-hybridized carbons (Fsp3) is 0.167. The third kappa shape index (κ3) is 2.96. The van der Waals surface area contributed by atoms with Crippen LogP contribution in [0.15, 0.2) is 46.9 Å². The van der Waals surface area contributed by atoms with Gasteiger partial charge in [-0.3, -0.25) is 0 Å². The highest BCUT2D eigenvalue weighted by Crippen LogP contribution is 2.38. The molecule has 0 aliphatic rings. The minimum Gasteiger partial charge on any atom is -0.475 e. The summed E-state index contributed by atoms with van der Waals surface area (Å²) in [5.74, 6) is -1.19. The van der Waals surface area contributed by atoms with Gasteiger partial charge < -0.3 is 14.4 Å². The van der Waals surface area contributed by atoms with E-state index in [1.807, 2.05) is 38.4 Å². The summed E-state index contributed by atoms with van der Waals surface area (Å²) in [6, 6.07) is 12.9. The summed E-state index contributed by atoms with van der Waals surface area (Å²) >= 11 is 6.27. The van der Waals surface area contributed by atoms with Crippen LogP contribution in [-0.4, -0.2) is 30.1 Å². The molecule has 2 aromatic carbocycles. The molecule has 0 bridgehead atoms. The molecule has 0 saturated carbocycles. The number of benzene rings is 2. The summed E-state index contributed by atoms with van der Waals surface area (Å²) in [6.07, 6.45) is 0. The number of aromatic carboxylic acids is 1. The smallest absolute Gasteiger partial charge is 0.372 e. The van der Waals surface area contributed by atoms with Gasteiger partial charge in [0, 0.05) is 28.1 Å². The highest BCUT2D eigenvalue weighted by molar-refractivity contribution is 6.34. The molecule has 1 N–H and O–H groups in total. The zero-order chi connectivity index (χ0) is 16.6. The second kappa shape index (κ2) is 6.07. The number of hydrogen-bond acceptors (Lipinski definition) is 3. The summed E-state index contributed by atoms with van der Waals surface area (Å²) in [5, 5.41) is 10.7. The lowest BCUT2D eigenvalue weighted by molar-refractivity contribution is 0.0666. The van der Waals surface area contributed by atoms with Crippen LogP contribution in [0.5, 0.6) is 0 Å². The van der Waals surface area contributed by atoms with Crippen LogP contribution in [0.3, 0.4) is 0 Å². The number of hydrogen-bond donors (Lipinski definition) is 1. The Balaban J connectivity index is 2.30. The minimum atomic E-state index is -1.11. The zero-order valence-electron chi connectivity index (χ0n) is 12.8. The second-order valence-electron chi connectivity index (χ2n) is 5.66. The first-order valence-corrected chi connectivity index (χ1v) is 7.53. The molecule has 0 amide bonds. The molecule has 4 nitrogen and oxygen atoms in total. The molecule has 0 unspecified atom stereocenters. The van der Waals surface area contributed by atoms with E-state index in [-0.39, 0.29) is 5.76 Å². The number of carboxylic acids is 1. The van der Waals surface area contributed by atoms with E-state index < -0.39 is 5.97 Å². The van der Waals surface area contributed by atoms with Crippen molar-refractivity contribution in [3.8, 4) is 11.1 Å². The number of nitrogens with zero attached hydrogens (tertiary/aromatic N) is 1. The average Bonchev–Trinajstić information content (AvgIpc) is 2.86. The van der Waals surface area contributed by atoms with Gasteiger partial charge in [0.1, 0.15) is 5.58 Å². The summed E-state index contributed by atoms with van der Waals surface area (Å²) in [7, 11) is 3.97. The van der Waals surface area contributed by atoms with Crippen LogP contribution in [0.4, 0.5) is 0 Å². The predicted octanol–water partition coefficient (Wildman–Crippen LogP) is 4.51. The van der Waals surface area contributed by atoms with Crippen molar-refractivity contribution in [1.29, 1.82) is 0 Å². The maximum atomic E-state index is 11.6. The number of rotatable bonds is 4. The first kappa shape index (κ1) is 15.6. The van der Waals surface area contributed by atoms with Crippen molar-refractivity contribution < 1.29 is 14.3 Å². The largest absolute Gasteiger partial charge is 0.475 e. The lowest BCUT2D eigenvalue weighted by atomic mass is 10.0. The number of carbonyl (C=O) groups is 1. The van der Waals surface area contributed by atoms with Gasteiger partial charge in [-0.25, -0.2) is 4.79 Å². The van der Waals surface area contributed by atoms with E-state index in [9.17, 15) is 9.90 Å². The van der Waals surface area contributed by atoms with Crippen LogP contribution in [0.2, 0.25) is 5.02 Å². The Hall–Kier alpha value is -2.30. The van der Waals surface area contributed by atoms with E-state index in [1.54, 1.807) is 18.2 Å². The van der Waals surface area contributed by atoms with Gasteiger partial charge in [0.15, 0.2) is 0 Å². The average molecular weight is 330 g/mol. The number of furan rings is 1. The quantitative estimate of drug-likeness (QED) is 0.765. The highest BCUT2D eigenvalue weighted by atomic mass is 35.5.